The number of fused-ring (bicyclic) bond motifs is 2. The maximum absolute atomic E-state index is 13.5. The molecule has 2 nitrogen and oxygen atoms in total. The molecule has 1 aliphatic rings. The van der Waals surface area contributed by atoms with Crippen LogP contribution in [0, 0.1) is 6.92 Å². The highest BCUT2D eigenvalue weighted by molar-refractivity contribution is 7.04. The van der Waals surface area contributed by atoms with Gasteiger partial charge in [0.2, 0.25) is 0 Å². The average Bonchev–Trinajstić information content (AvgIpc) is 2.91. The van der Waals surface area contributed by atoms with Crippen LogP contribution < -0.4 is 10.4 Å². The zero-order valence-corrected chi connectivity index (χ0v) is 22.1. The second kappa shape index (κ2) is 8.32. The van der Waals surface area contributed by atoms with Crippen molar-refractivity contribution >= 4 is 35.2 Å². The first kappa shape index (κ1) is 22.5. The van der Waals surface area contributed by atoms with Gasteiger partial charge in [-0.15, -0.1) is 0 Å². The molecule has 0 saturated heterocycles. The van der Waals surface area contributed by atoms with Crippen molar-refractivity contribution in [2.75, 3.05) is 7.11 Å². The number of benzene rings is 5. The summed E-state index contributed by atoms with van der Waals surface area (Å²) in [5.74, 6) is -0.295. The van der Waals surface area contributed by atoms with E-state index in [0.29, 0.717) is 5.56 Å². The smallest absolute Gasteiger partial charge is 0.338 e. The monoisotopic (exact) mass is 484 g/mol. The Morgan fingerprint density at radius 1 is 0.694 bits per heavy atom. The number of esters is 1. The van der Waals surface area contributed by atoms with Crippen molar-refractivity contribution < 1.29 is 9.53 Å². The lowest BCUT2D eigenvalue weighted by molar-refractivity contribution is 0.0601. The zero-order chi connectivity index (χ0) is 25.0. The van der Waals surface area contributed by atoms with Gasteiger partial charge in [-0.05, 0) is 61.5 Å². The van der Waals surface area contributed by atoms with Gasteiger partial charge in [0.05, 0.1) is 12.7 Å². The van der Waals surface area contributed by atoms with Gasteiger partial charge in [0.15, 0.2) is 0 Å². The minimum Gasteiger partial charge on any atom is -0.465 e. The van der Waals surface area contributed by atoms with E-state index in [2.05, 4.69) is 92.8 Å². The van der Waals surface area contributed by atoms with Crippen LogP contribution in [0.2, 0.25) is 13.1 Å². The molecule has 5 aromatic carbocycles. The van der Waals surface area contributed by atoms with Crippen molar-refractivity contribution in [2.24, 2.45) is 0 Å². The van der Waals surface area contributed by atoms with E-state index in [1.54, 1.807) is 0 Å². The molecule has 0 bridgehead atoms. The molecular formula is C33H28O2Si. The van der Waals surface area contributed by atoms with Gasteiger partial charge in [-0.3, -0.25) is 0 Å². The third-order valence-corrected chi connectivity index (χ3v) is 11.3. The van der Waals surface area contributed by atoms with E-state index in [-0.39, 0.29) is 5.97 Å². The fourth-order valence-corrected chi connectivity index (χ4v) is 9.72. The molecule has 176 valence electrons. The third-order valence-electron chi connectivity index (χ3n) is 7.74. The minimum absolute atomic E-state index is 0.295. The molecule has 0 amide bonds. The number of hydrogen-bond acceptors (Lipinski definition) is 2. The number of carbonyl (C=O) groups is 1. The Kier molecular flexibility index (Phi) is 5.20. The number of ether oxygens (including phenoxy) is 1. The summed E-state index contributed by atoms with van der Waals surface area (Å²) >= 11 is 0. The molecular weight excluding hydrogens is 456 g/mol. The predicted octanol–water partition coefficient (Wildman–Crippen LogP) is 7.07. The molecule has 1 aliphatic heterocycles. The fourth-order valence-electron chi connectivity index (χ4n) is 6.19. The lowest BCUT2D eigenvalue weighted by Gasteiger charge is -2.38. The van der Waals surface area contributed by atoms with Gasteiger partial charge in [-0.25, -0.2) is 4.79 Å². The molecule has 0 saturated carbocycles. The predicted molar refractivity (Wildman–Crippen MR) is 153 cm³/mol. The molecule has 0 spiro atoms. The number of hydrogen-bond donors (Lipinski definition) is 0. The van der Waals surface area contributed by atoms with E-state index in [4.69, 9.17) is 4.74 Å². The van der Waals surface area contributed by atoms with Crippen LogP contribution in [-0.2, 0) is 4.74 Å². The Morgan fingerprint density at radius 3 is 1.89 bits per heavy atom. The Morgan fingerprint density at radius 2 is 1.28 bits per heavy atom. The molecule has 6 rings (SSSR count). The normalized spacial score (nSPS) is 13.3. The topological polar surface area (TPSA) is 26.3 Å². The van der Waals surface area contributed by atoms with Crippen molar-refractivity contribution in [1.82, 2.24) is 0 Å². The van der Waals surface area contributed by atoms with E-state index in [1.807, 2.05) is 24.3 Å². The molecule has 0 aliphatic carbocycles. The molecule has 0 unspecified atom stereocenters. The van der Waals surface area contributed by atoms with Gasteiger partial charge in [-0.1, -0.05) is 110 Å². The van der Waals surface area contributed by atoms with E-state index in [1.165, 1.54) is 44.9 Å². The molecule has 5 aromatic rings. The van der Waals surface area contributed by atoms with Crippen molar-refractivity contribution in [3.8, 4) is 33.4 Å². The van der Waals surface area contributed by atoms with Gasteiger partial charge in [0.25, 0.3) is 0 Å². The summed E-state index contributed by atoms with van der Waals surface area (Å²) < 4.78 is 5.43. The zero-order valence-electron chi connectivity index (χ0n) is 21.1. The van der Waals surface area contributed by atoms with Gasteiger partial charge in [-0.2, -0.15) is 0 Å². The molecule has 36 heavy (non-hydrogen) atoms. The lowest BCUT2D eigenvalue weighted by atomic mass is 9.82. The van der Waals surface area contributed by atoms with E-state index in [0.717, 1.165) is 22.3 Å². The maximum atomic E-state index is 13.5. The van der Waals surface area contributed by atoms with Crippen LogP contribution in [-0.4, -0.2) is 21.2 Å². The molecule has 0 atom stereocenters. The van der Waals surface area contributed by atoms with Crippen molar-refractivity contribution in [3.05, 3.63) is 108 Å². The molecule has 0 aromatic heterocycles. The van der Waals surface area contributed by atoms with Gasteiger partial charge >= 0.3 is 5.97 Å². The summed E-state index contributed by atoms with van der Waals surface area (Å²) in [5.41, 5.74) is 8.37. The number of rotatable bonds is 3. The molecule has 0 N–H and O–H groups in total. The third kappa shape index (κ3) is 3.13. The summed E-state index contributed by atoms with van der Waals surface area (Å²) in [7, 11) is -0.726. The van der Waals surface area contributed by atoms with Crippen molar-refractivity contribution in [3.63, 3.8) is 0 Å². The average molecular weight is 485 g/mol. The van der Waals surface area contributed by atoms with Gasteiger partial charge in [0, 0.05) is 5.56 Å². The van der Waals surface area contributed by atoms with Gasteiger partial charge < -0.3 is 4.74 Å². The number of methoxy groups -OCH3 is 1. The van der Waals surface area contributed by atoms with Crippen molar-refractivity contribution in [1.29, 1.82) is 0 Å². The Bertz CT molecular complexity index is 1650. The van der Waals surface area contributed by atoms with Crippen LogP contribution in [0.3, 0.4) is 0 Å². The van der Waals surface area contributed by atoms with Crippen LogP contribution in [0.15, 0.2) is 97.1 Å². The molecule has 1 heterocycles. The highest BCUT2D eigenvalue weighted by Crippen LogP contribution is 2.45. The van der Waals surface area contributed by atoms with E-state index < -0.39 is 8.07 Å². The van der Waals surface area contributed by atoms with Crippen LogP contribution in [0.1, 0.15) is 15.9 Å². The van der Waals surface area contributed by atoms with Crippen molar-refractivity contribution in [2.45, 2.75) is 20.0 Å². The first-order chi connectivity index (χ1) is 17.4. The second-order valence-corrected chi connectivity index (χ2v) is 14.3. The molecule has 3 heteroatoms. The maximum Gasteiger partial charge on any atom is 0.338 e. The first-order valence-corrected chi connectivity index (χ1v) is 15.4. The Balaban J connectivity index is 1.93. The molecule has 0 fully saturated rings. The highest BCUT2D eigenvalue weighted by atomic mass is 28.3. The Labute approximate surface area is 213 Å². The summed E-state index contributed by atoms with van der Waals surface area (Å²) in [6.07, 6.45) is 0. The fraction of sp³-hybridized carbons (Fsp3) is 0.121. The molecule has 0 radical (unpaired) electrons. The summed E-state index contributed by atoms with van der Waals surface area (Å²) in [5, 5.41) is 5.41. The SMILES string of the molecule is COC(=O)c1c(C)c(-c2ccccc2)c2c(c1-c1ccccc1)-c1cccc3cccc(c13)[Si]2(C)C. The van der Waals surface area contributed by atoms with Crippen LogP contribution in [0.25, 0.3) is 44.2 Å². The minimum atomic E-state index is -2.21. The van der Waals surface area contributed by atoms with Crippen LogP contribution in [0.4, 0.5) is 0 Å². The second-order valence-electron chi connectivity index (χ2n) is 10.1. The number of carbonyl (C=O) groups excluding carboxylic acids is 1. The Hall–Kier alpha value is -3.95. The first-order valence-electron chi connectivity index (χ1n) is 12.4. The van der Waals surface area contributed by atoms with Crippen LogP contribution in [0.5, 0.6) is 0 Å². The summed E-state index contributed by atoms with van der Waals surface area (Å²) in [4.78, 5) is 13.5. The van der Waals surface area contributed by atoms with E-state index in [9.17, 15) is 4.79 Å². The quantitative estimate of drug-likeness (QED) is 0.202. The lowest BCUT2D eigenvalue weighted by Crippen LogP contribution is -2.57. The van der Waals surface area contributed by atoms with Crippen LogP contribution >= 0.6 is 0 Å². The largest absolute Gasteiger partial charge is 0.465 e. The van der Waals surface area contributed by atoms with Gasteiger partial charge in [0.1, 0.15) is 8.07 Å². The summed E-state index contributed by atoms with van der Waals surface area (Å²) in [6.45, 7) is 7.00. The standard InChI is InChI=1S/C33H28O2Si/c1-21-27(22-13-7-5-8-14-22)32-31(30(28(21)33(34)35-2)24-15-9-6-10-16-24)25-19-11-17-23-18-12-20-26(29(23)25)36(32,3)4/h5-20H,1-4H3. The highest BCUT2D eigenvalue weighted by Gasteiger charge is 2.41. The summed E-state index contributed by atoms with van der Waals surface area (Å²) in [6, 6.07) is 34.1. The van der Waals surface area contributed by atoms with E-state index >= 15 is 0 Å².